The number of aromatic nitrogens is 2. The highest BCUT2D eigenvalue weighted by Crippen LogP contribution is 2.24. The molecule has 3 aromatic rings. The topological polar surface area (TPSA) is 23.3 Å². The molecule has 0 unspecified atom stereocenters. The molecule has 0 aliphatic rings. The number of nitrogens with zero attached hydrogens (tertiary/aromatic N) is 4. The average molecular weight is 352 g/mol. The fraction of sp³-hybridized carbons (Fsp3) is 0.455. The highest BCUT2D eigenvalue weighted by molar-refractivity contribution is 5.85. The summed E-state index contributed by atoms with van der Waals surface area (Å²) in [6.07, 6.45) is 0. The van der Waals surface area contributed by atoms with Gasteiger partial charge in [0, 0.05) is 49.7 Å². The number of hydrogen-bond donors (Lipinski definition) is 0. The van der Waals surface area contributed by atoms with Crippen LogP contribution in [0.15, 0.2) is 36.4 Å². The van der Waals surface area contributed by atoms with E-state index >= 15 is 0 Å². The van der Waals surface area contributed by atoms with Crippen LogP contribution in [0.3, 0.4) is 0 Å². The predicted molar refractivity (Wildman–Crippen MR) is 112 cm³/mol. The summed E-state index contributed by atoms with van der Waals surface area (Å²) in [4.78, 5) is 9.70. The van der Waals surface area contributed by atoms with Crippen LogP contribution in [-0.2, 0) is 6.54 Å². The van der Waals surface area contributed by atoms with Gasteiger partial charge < -0.3 is 9.80 Å². The standard InChI is InChI=1S/C22H31N4/c1-6-24(7-2)17-11-13-19-21(15-17)26(10-5)22-16-18(25(8-3)9-4)12-14-20(22)23-19/h11-16H,6-10H2,1-5H3/q+1. The van der Waals surface area contributed by atoms with Crippen LogP contribution in [0.2, 0.25) is 0 Å². The lowest BCUT2D eigenvalue weighted by Crippen LogP contribution is -2.35. The lowest BCUT2D eigenvalue weighted by atomic mass is 10.2. The van der Waals surface area contributed by atoms with Gasteiger partial charge in [-0.15, -0.1) is 0 Å². The number of anilines is 2. The predicted octanol–water partition coefficient (Wildman–Crippen LogP) is 4.39. The van der Waals surface area contributed by atoms with Crippen LogP contribution in [-0.4, -0.2) is 31.2 Å². The number of fused-ring (bicyclic) bond motifs is 2. The number of rotatable bonds is 7. The molecular formula is C22H31N4+. The Bertz CT molecular complexity index is 825. The maximum Gasteiger partial charge on any atom is 0.233 e. The Morgan fingerprint density at radius 2 is 1.12 bits per heavy atom. The molecule has 0 bridgehead atoms. The summed E-state index contributed by atoms with van der Waals surface area (Å²) < 4.78 is 2.40. The first-order chi connectivity index (χ1) is 12.7. The van der Waals surface area contributed by atoms with Crippen molar-refractivity contribution in [2.45, 2.75) is 41.2 Å². The van der Waals surface area contributed by atoms with Crippen molar-refractivity contribution in [2.24, 2.45) is 0 Å². The smallest absolute Gasteiger partial charge is 0.233 e. The van der Waals surface area contributed by atoms with Gasteiger partial charge in [-0.25, -0.2) is 4.98 Å². The minimum absolute atomic E-state index is 0.929. The quantitative estimate of drug-likeness (QED) is 0.466. The fourth-order valence-corrected chi connectivity index (χ4v) is 3.82. The van der Waals surface area contributed by atoms with E-state index in [4.69, 9.17) is 4.98 Å². The van der Waals surface area contributed by atoms with E-state index in [1.807, 2.05) is 0 Å². The van der Waals surface area contributed by atoms with Crippen LogP contribution in [0.5, 0.6) is 0 Å². The van der Waals surface area contributed by atoms with Gasteiger partial charge in [0.05, 0.1) is 0 Å². The van der Waals surface area contributed by atoms with E-state index < -0.39 is 0 Å². The summed E-state index contributed by atoms with van der Waals surface area (Å²) in [5, 5.41) is 0. The Morgan fingerprint density at radius 3 is 1.46 bits per heavy atom. The number of hydrogen-bond acceptors (Lipinski definition) is 3. The van der Waals surface area contributed by atoms with Crippen molar-refractivity contribution in [3.63, 3.8) is 0 Å². The molecular weight excluding hydrogens is 320 g/mol. The lowest BCUT2D eigenvalue weighted by Gasteiger charge is -2.21. The van der Waals surface area contributed by atoms with E-state index in [1.165, 1.54) is 22.4 Å². The molecule has 2 aromatic carbocycles. The van der Waals surface area contributed by atoms with Crippen molar-refractivity contribution in [2.75, 3.05) is 36.0 Å². The van der Waals surface area contributed by atoms with E-state index in [0.29, 0.717) is 0 Å². The van der Waals surface area contributed by atoms with Crippen LogP contribution >= 0.6 is 0 Å². The van der Waals surface area contributed by atoms with Crippen molar-refractivity contribution in [1.82, 2.24) is 4.98 Å². The molecule has 0 N–H and O–H groups in total. The Labute approximate surface area is 157 Å². The molecule has 0 aliphatic carbocycles. The van der Waals surface area contributed by atoms with Gasteiger partial charge in [0.25, 0.3) is 0 Å². The first-order valence-electron chi connectivity index (χ1n) is 9.93. The largest absolute Gasteiger partial charge is 0.372 e. The van der Waals surface area contributed by atoms with Crippen molar-refractivity contribution >= 4 is 33.4 Å². The van der Waals surface area contributed by atoms with Crippen LogP contribution < -0.4 is 14.4 Å². The molecule has 0 spiro atoms. The third kappa shape index (κ3) is 3.20. The van der Waals surface area contributed by atoms with Crippen molar-refractivity contribution in [3.05, 3.63) is 36.4 Å². The number of benzene rings is 2. The zero-order chi connectivity index (χ0) is 18.7. The summed E-state index contributed by atoms with van der Waals surface area (Å²) in [6.45, 7) is 16.0. The maximum absolute atomic E-state index is 4.93. The van der Waals surface area contributed by atoms with Crippen molar-refractivity contribution in [1.29, 1.82) is 0 Å². The molecule has 4 heteroatoms. The summed E-state index contributed by atoms with van der Waals surface area (Å²) in [5.41, 5.74) is 7.08. The Kier molecular flexibility index (Phi) is 5.60. The van der Waals surface area contributed by atoms with Gasteiger partial charge in [-0.05, 0) is 58.9 Å². The lowest BCUT2D eigenvalue weighted by molar-refractivity contribution is -0.641. The van der Waals surface area contributed by atoms with Gasteiger partial charge in [0.1, 0.15) is 17.6 Å². The first kappa shape index (κ1) is 18.4. The van der Waals surface area contributed by atoms with E-state index in [2.05, 4.69) is 85.4 Å². The molecule has 0 amide bonds. The summed E-state index contributed by atoms with van der Waals surface area (Å²) in [6, 6.07) is 13.3. The molecule has 0 radical (unpaired) electrons. The maximum atomic E-state index is 4.93. The van der Waals surface area contributed by atoms with Gasteiger partial charge in [0.15, 0.2) is 0 Å². The molecule has 4 nitrogen and oxygen atoms in total. The van der Waals surface area contributed by atoms with Gasteiger partial charge in [0.2, 0.25) is 11.0 Å². The summed E-state index contributed by atoms with van der Waals surface area (Å²) in [5.74, 6) is 0. The normalized spacial score (nSPS) is 11.3. The second-order valence-corrected chi connectivity index (χ2v) is 6.55. The molecule has 138 valence electrons. The van der Waals surface area contributed by atoms with Gasteiger partial charge >= 0.3 is 0 Å². The SMILES string of the molecule is CCN(CC)c1ccc2nc3ccc(N(CC)CC)cc3[n+](CC)c2c1. The molecule has 0 saturated carbocycles. The monoisotopic (exact) mass is 351 g/mol. The second kappa shape index (κ2) is 7.90. The summed E-state index contributed by atoms with van der Waals surface area (Å²) in [7, 11) is 0. The van der Waals surface area contributed by atoms with Crippen LogP contribution in [0.25, 0.3) is 22.1 Å². The van der Waals surface area contributed by atoms with E-state index in [9.17, 15) is 0 Å². The molecule has 1 heterocycles. The molecule has 26 heavy (non-hydrogen) atoms. The molecule has 0 atom stereocenters. The summed E-state index contributed by atoms with van der Waals surface area (Å²) >= 11 is 0. The van der Waals surface area contributed by atoms with Gasteiger partial charge in [-0.2, -0.15) is 4.57 Å². The minimum atomic E-state index is 0.929. The molecule has 0 saturated heterocycles. The first-order valence-corrected chi connectivity index (χ1v) is 9.93. The number of aryl methyl sites for hydroxylation is 1. The molecule has 1 aromatic heterocycles. The second-order valence-electron chi connectivity index (χ2n) is 6.55. The highest BCUT2D eigenvalue weighted by atomic mass is 15.1. The van der Waals surface area contributed by atoms with Crippen LogP contribution in [0, 0.1) is 0 Å². The van der Waals surface area contributed by atoms with Gasteiger partial charge in [-0.3, -0.25) is 0 Å². The highest BCUT2D eigenvalue weighted by Gasteiger charge is 2.18. The van der Waals surface area contributed by atoms with E-state index in [1.54, 1.807) is 0 Å². The molecule has 0 fully saturated rings. The Hall–Kier alpha value is -2.36. The Morgan fingerprint density at radius 1 is 0.692 bits per heavy atom. The Balaban J connectivity index is 2.25. The average Bonchev–Trinajstić information content (AvgIpc) is 2.68. The fourth-order valence-electron chi connectivity index (χ4n) is 3.82. The van der Waals surface area contributed by atoms with Crippen molar-refractivity contribution in [3.8, 4) is 0 Å². The van der Waals surface area contributed by atoms with E-state index in [0.717, 1.165) is 43.8 Å². The molecule has 0 aliphatic heterocycles. The molecule has 3 rings (SSSR count). The van der Waals surface area contributed by atoms with E-state index in [-0.39, 0.29) is 0 Å². The third-order valence-electron chi connectivity index (χ3n) is 5.31. The minimum Gasteiger partial charge on any atom is -0.372 e. The zero-order valence-corrected chi connectivity index (χ0v) is 16.8. The zero-order valence-electron chi connectivity index (χ0n) is 16.8. The van der Waals surface area contributed by atoms with Crippen molar-refractivity contribution < 1.29 is 4.57 Å². The third-order valence-corrected chi connectivity index (χ3v) is 5.31. The van der Waals surface area contributed by atoms with Crippen LogP contribution in [0.1, 0.15) is 34.6 Å². The van der Waals surface area contributed by atoms with Crippen LogP contribution in [0.4, 0.5) is 11.4 Å². The van der Waals surface area contributed by atoms with Gasteiger partial charge in [-0.1, -0.05) is 0 Å².